The Labute approximate surface area is 125 Å². The van der Waals surface area contributed by atoms with E-state index in [2.05, 4.69) is 25.7 Å². The normalized spacial score (nSPS) is 20.9. The number of nitrogens with two attached hydrogens (primary N) is 1. The Morgan fingerprint density at radius 1 is 1.58 bits per heavy atom. The van der Waals surface area contributed by atoms with Crippen LogP contribution in [-0.4, -0.2) is 28.0 Å². The second-order valence-electron chi connectivity index (χ2n) is 5.82. The van der Waals surface area contributed by atoms with E-state index in [9.17, 15) is 0 Å². The Kier molecular flexibility index (Phi) is 4.92. The van der Waals surface area contributed by atoms with Gasteiger partial charge in [-0.1, -0.05) is 33.0 Å². The lowest BCUT2D eigenvalue weighted by Gasteiger charge is -2.29. The van der Waals surface area contributed by atoms with Gasteiger partial charge < -0.3 is 5.73 Å². The Balaban J connectivity index is 2.12. The summed E-state index contributed by atoms with van der Waals surface area (Å²) in [6, 6.07) is 0. The number of hydrogen-bond donors (Lipinski definition) is 1. The van der Waals surface area contributed by atoms with Crippen LogP contribution in [0.15, 0.2) is 0 Å². The fourth-order valence-electron chi connectivity index (χ4n) is 2.64. The minimum Gasteiger partial charge on any atom is -0.389 e. The predicted octanol–water partition coefficient (Wildman–Crippen LogP) is 3.13. The van der Waals surface area contributed by atoms with Crippen molar-refractivity contribution in [3.8, 4) is 0 Å². The maximum absolute atomic E-state index is 5.81. The van der Waals surface area contributed by atoms with Crippen LogP contribution in [0.1, 0.15) is 55.1 Å². The number of rotatable bonds is 4. The van der Waals surface area contributed by atoms with E-state index in [1.54, 1.807) is 11.3 Å². The first-order chi connectivity index (χ1) is 8.97. The molecule has 1 aromatic heterocycles. The van der Waals surface area contributed by atoms with Crippen LogP contribution in [0.3, 0.4) is 0 Å². The Bertz CT molecular complexity index is 454. The van der Waals surface area contributed by atoms with Crippen LogP contribution >= 0.6 is 23.6 Å². The molecule has 2 heterocycles. The van der Waals surface area contributed by atoms with Crippen molar-refractivity contribution < 1.29 is 0 Å². The number of piperidine rings is 1. The lowest BCUT2D eigenvalue weighted by molar-refractivity contribution is 0.176. The van der Waals surface area contributed by atoms with Gasteiger partial charge in [0.25, 0.3) is 0 Å². The molecule has 2 rings (SSSR count). The van der Waals surface area contributed by atoms with Crippen LogP contribution in [0, 0.1) is 5.92 Å². The van der Waals surface area contributed by atoms with Crippen molar-refractivity contribution in [2.45, 2.75) is 46.1 Å². The van der Waals surface area contributed by atoms with E-state index in [0.29, 0.717) is 10.9 Å². The van der Waals surface area contributed by atoms with Crippen LogP contribution in [0.4, 0.5) is 0 Å². The summed E-state index contributed by atoms with van der Waals surface area (Å²) in [6.45, 7) is 9.92. The van der Waals surface area contributed by atoms with Gasteiger partial charge in [-0.15, -0.1) is 11.3 Å². The van der Waals surface area contributed by atoms with Crippen LogP contribution in [0.5, 0.6) is 0 Å². The molecule has 0 bridgehead atoms. The maximum Gasteiger partial charge on any atom is 0.116 e. The SMILES string of the molecule is CC1CCCN(Cc2nc(C(C)C)c(C(N)=S)s2)C1. The summed E-state index contributed by atoms with van der Waals surface area (Å²) in [7, 11) is 0. The Hall–Kier alpha value is -0.520. The second kappa shape index (κ2) is 6.29. The van der Waals surface area contributed by atoms with Gasteiger partial charge in [-0.3, -0.25) is 4.90 Å². The summed E-state index contributed by atoms with van der Waals surface area (Å²) in [4.78, 5) is 8.75. The average Bonchev–Trinajstić information content (AvgIpc) is 2.73. The summed E-state index contributed by atoms with van der Waals surface area (Å²) in [5.41, 5.74) is 6.88. The van der Waals surface area contributed by atoms with E-state index in [4.69, 9.17) is 22.9 Å². The number of nitrogens with zero attached hydrogens (tertiary/aromatic N) is 2. The van der Waals surface area contributed by atoms with Crippen molar-refractivity contribution in [2.24, 2.45) is 11.7 Å². The molecule has 106 valence electrons. The third-order valence-corrected chi connectivity index (χ3v) is 4.99. The number of thiazole rings is 1. The number of thiocarbonyl (C=S) groups is 1. The molecule has 0 spiro atoms. The zero-order valence-corrected chi connectivity index (χ0v) is 13.6. The summed E-state index contributed by atoms with van der Waals surface area (Å²) >= 11 is 6.81. The summed E-state index contributed by atoms with van der Waals surface area (Å²) in [5, 5.41) is 1.15. The molecule has 2 N–H and O–H groups in total. The molecule has 19 heavy (non-hydrogen) atoms. The molecule has 0 amide bonds. The topological polar surface area (TPSA) is 42.2 Å². The highest BCUT2D eigenvalue weighted by Crippen LogP contribution is 2.27. The van der Waals surface area contributed by atoms with Gasteiger partial charge >= 0.3 is 0 Å². The smallest absolute Gasteiger partial charge is 0.116 e. The van der Waals surface area contributed by atoms with Gasteiger partial charge in [-0.05, 0) is 31.2 Å². The fourth-order valence-corrected chi connectivity index (χ4v) is 3.98. The molecule has 0 aromatic carbocycles. The van der Waals surface area contributed by atoms with Crippen molar-refractivity contribution >= 4 is 28.5 Å². The third-order valence-electron chi connectivity index (χ3n) is 3.57. The van der Waals surface area contributed by atoms with E-state index in [0.717, 1.165) is 28.0 Å². The summed E-state index contributed by atoms with van der Waals surface area (Å²) in [6.07, 6.45) is 2.65. The molecule has 1 atom stereocenters. The molecule has 3 nitrogen and oxygen atoms in total. The van der Waals surface area contributed by atoms with Crippen molar-refractivity contribution in [1.29, 1.82) is 0 Å². The molecule has 1 saturated heterocycles. The molecule has 1 aromatic rings. The summed E-state index contributed by atoms with van der Waals surface area (Å²) < 4.78 is 0. The largest absolute Gasteiger partial charge is 0.389 e. The van der Waals surface area contributed by atoms with Gasteiger partial charge in [0.2, 0.25) is 0 Å². The van der Waals surface area contributed by atoms with E-state index < -0.39 is 0 Å². The minimum absolute atomic E-state index is 0.377. The minimum atomic E-state index is 0.377. The first-order valence-electron chi connectivity index (χ1n) is 6.99. The van der Waals surface area contributed by atoms with E-state index in [1.807, 2.05) is 0 Å². The van der Waals surface area contributed by atoms with Crippen molar-refractivity contribution in [3.05, 3.63) is 15.6 Å². The van der Waals surface area contributed by atoms with Gasteiger partial charge in [-0.2, -0.15) is 0 Å². The van der Waals surface area contributed by atoms with Gasteiger partial charge in [-0.25, -0.2) is 4.98 Å². The molecular weight excluding hydrogens is 274 g/mol. The third kappa shape index (κ3) is 3.74. The highest BCUT2D eigenvalue weighted by molar-refractivity contribution is 7.81. The number of likely N-dealkylation sites (tertiary alicyclic amines) is 1. The van der Waals surface area contributed by atoms with Crippen LogP contribution in [0.2, 0.25) is 0 Å². The molecule has 1 unspecified atom stereocenters. The summed E-state index contributed by atoms with van der Waals surface area (Å²) in [5.74, 6) is 1.18. The van der Waals surface area contributed by atoms with Crippen LogP contribution in [0.25, 0.3) is 0 Å². The lowest BCUT2D eigenvalue weighted by atomic mass is 10.0. The molecule has 1 fully saturated rings. The molecule has 0 saturated carbocycles. The first kappa shape index (κ1) is 14.9. The fraction of sp³-hybridized carbons (Fsp3) is 0.714. The zero-order valence-electron chi connectivity index (χ0n) is 12.0. The van der Waals surface area contributed by atoms with Gasteiger partial charge in [0, 0.05) is 6.54 Å². The molecule has 0 aliphatic carbocycles. The van der Waals surface area contributed by atoms with Crippen LogP contribution < -0.4 is 5.73 Å². The average molecular weight is 297 g/mol. The highest BCUT2D eigenvalue weighted by Gasteiger charge is 2.20. The first-order valence-corrected chi connectivity index (χ1v) is 8.21. The van der Waals surface area contributed by atoms with Gasteiger partial charge in [0.05, 0.1) is 17.1 Å². The Morgan fingerprint density at radius 3 is 2.84 bits per heavy atom. The monoisotopic (exact) mass is 297 g/mol. The van der Waals surface area contributed by atoms with Crippen molar-refractivity contribution in [1.82, 2.24) is 9.88 Å². The lowest BCUT2D eigenvalue weighted by Crippen LogP contribution is -2.33. The number of hydrogen-bond acceptors (Lipinski definition) is 4. The molecule has 1 aliphatic heterocycles. The quantitative estimate of drug-likeness (QED) is 0.867. The highest BCUT2D eigenvalue weighted by atomic mass is 32.1. The molecule has 0 radical (unpaired) electrons. The van der Waals surface area contributed by atoms with Crippen molar-refractivity contribution in [2.75, 3.05) is 13.1 Å². The standard InChI is InChI=1S/C14H23N3S2/c1-9(2)12-13(14(15)18)19-11(16-12)8-17-6-4-5-10(3)7-17/h9-10H,4-8H2,1-3H3,(H2,15,18). The van der Waals surface area contributed by atoms with E-state index in [-0.39, 0.29) is 0 Å². The van der Waals surface area contributed by atoms with Gasteiger partial charge in [0.15, 0.2) is 0 Å². The maximum atomic E-state index is 5.81. The predicted molar refractivity (Wildman–Crippen MR) is 85.8 cm³/mol. The second-order valence-corrected chi connectivity index (χ2v) is 7.35. The molecule has 5 heteroatoms. The van der Waals surface area contributed by atoms with E-state index >= 15 is 0 Å². The van der Waals surface area contributed by atoms with E-state index in [1.165, 1.54) is 25.9 Å². The van der Waals surface area contributed by atoms with Crippen LogP contribution in [-0.2, 0) is 6.54 Å². The zero-order chi connectivity index (χ0) is 14.0. The van der Waals surface area contributed by atoms with Gasteiger partial charge in [0.1, 0.15) is 10.00 Å². The number of aromatic nitrogens is 1. The molecular formula is C14H23N3S2. The van der Waals surface area contributed by atoms with Crippen molar-refractivity contribution in [3.63, 3.8) is 0 Å². The molecule has 1 aliphatic rings. The Morgan fingerprint density at radius 2 is 2.32 bits per heavy atom.